The van der Waals surface area contributed by atoms with E-state index < -0.39 is 24.2 Å². The first-order valence-electron chi connectivity index (χ1n) is 10.7. The molecule has 2 atom stereocenters. The van der Waals surface area contributed by atoms with Gasteiger partial charge in [0, 0.05) is 0 Å². The van der Waals surface area contributed by atoms with Gasteiger partial charge in [-0.1, -0.05) is 0 Å². The number of hydrogen-bond acceptors (Lipinski definition) is 4. The third-order valence-corrected chi connectivity index (χ3v) is 23.7. The van der Waals surface area contributed by atoms with Crippen molar-refractivity contribution < 1.29 is 19.0 Å². The number of rotatable bonds is 13. The van der Waals surface area contributed by atoms with Crippen LogP contribution >= 0.6 is 0 Å². The molecule has 1 aliphatic rings. The molecule has 154 valence electrons. The van der Waals surface area contributed by atoms with Gasteiger partial charge in [-0.15, -0.1) is 0 Å². The molecule has 1 fully saturated rings. The molecule has 0 saturated carbocycles. The van der Waals surface area contributed by atoms with Gasteiger partial charge in [-0.3, -0.25) is 0 Å². The Kier molecular flexibility index (Phi) is 11.1. The van der Waals surface area contributed by atoms with Gasteiger partial charge in [-0.25, -0.2) is 0 Å². The summed E-state index contributed by atoms with van der Waals surface area (Å²) in [6, 6.07) is 0. The van der Waals surface area contributed by atoms with E-state index in [1.807, 2.05) is 13.8 Å². The summed E-state index contributed by atoms with van der Waals surface area (Å²) < 4.78 is 21.8. The van der Waals surface area contributed by atoms with Gasteiger partial charge in [0.15, 0.2) is 0 Å². The Labute approximate surface area is 165 Å². The molecule has 1 rings (SSSR count). The minimum atomic E-state index is -2.64. The summed E-state index contributed by atoms with van der Waals surface area (Å²) in [5.41, 5.74) is 0. The van der Waals surface area contributed by atoms with Crippen molar-refractivity contribution in [3.8, 4) is 0 Å². The molecule has 1 saturated heterocycles. The molecule has 0 aliphatic carbocycles. The van der Waals surface area contributed by atoms with Crippen molar-refractivity contribution in [2.75, 3.05) is 13.7 Å². The quantitative estimate of drug-likeness (QED) is 0.244. The van der Waals surface area contributed by atoms with Crippen LogP contribution in [0, 0.1) is 0 Å². The first kappa shape index (κ1) is 24.2. The van der Waals surface area contributed by atoms with Gasteiger partial charge in [-0.05, 0) is 0 Å². The number of ether oxygens (including phenoxy) is 3. The average molecular weight is 477 g/mol. The minimum absolute atomic E-state index is 0.0606. The number of carbonyl (C=O) groups is 1. The predicted molar refractivity (Wildman–Crippen MR) is 110 cm³/mol. The Bertz CT molecular complexity index is 389. The van der Waals surface area contributed by atoms with Crippen molar-refractivity contribution in [3.63, 3.8) is 0 Å². The van der Waals surface area contributed by atoms with Gasteiger partial charge in [0.25, 0.3) is 0 Å². The standard InChI is InChI=1S/C9H15O4.3C4H9.Sn/c1-9(2)12-6-7(13-9)4-5-8(10)11-3;3*1-3-4-2;/h4,7H,5-6H2,1-3H3;3*1,3-4H2,2H3;/t7-;;;;/m0..../s1. The summed E-state index contributed by atoms with van der Waals surface area (Å²) in [7, 11) is 1.51. The SMILES string of the molecule is CCC[CH2][Sn]([CH2]CCC)([CH2]CCC)[C@@H](CC(=O)OC)[C@H]1COC(C)(C)O1. The fourth-order valence-corrected chi connectivity index (χ4v) is 23.2. The van der Waals surface area contributed by atoms with Crippen LogP contribution in [-0.2, 0) is 19.0 Å². The van der Waals surface area contributed by atoms with Crippen molar-refractivity contribution >= 4 is 24.3 Å². The summed E-state index contributed by atoms with van der Waals surface area (Å²) in [4.78, 5) is 12.3. The van der Waals surface area contributed by atoms with E-state index in [0.29, 0.717) is 17.0 Å². The van der Waals surface area contributed by atoms with E-state index >= 15 is 0 Å². The van der Waals surface area contributed by atoms with E-state index in [0.717, 1.165) is 0 Å². The molecule has 26 heavy (non-hydrogen) atoms. The Hall–Kier alpha value is 0.189. The molecule has 0 bridgehead atoms. The Morgan fingerprint density at radius 3 is 1.92 bits per heavy atom. The molecule has 0 unspecified atom stereocenters. The maximum absolute atomic E-state index is 12.3. The zero-order valence-corrected chi connectivity index (χ0v) is 20.9. The molecular weight excluding hydrogens is 435 g/mol. The van der Waals surface area contributed by atoms with Gasteiger partial charge in [0.05, 0.1) is 0 Å². The number of unbranched alkanes of at least 4 members (excludes halogenated alkanes) is 3. The fraction of sp³-hybridized carbons (Fsp3) is 0.952. The fourth-order valence-electron chi connectivity index (χ4n) is 4.44. The maximum atomic E-state index is 12.3. The topological polar surface area (TPSA) is 44.8 Å². The summed E-state index contributed by atoms with van der Waals surface area (Å²) in [5, 5.41) is 0. The van der Waals surface area contributed by atoms with E-state index in [4.69, 9.17) is 14.2 Å². The predicted octanol–water partition coefficient (Wildman–Crippen LogP) is 5.92. The summed E-state index contributed by atoms with van der Waals surface area (Å²) in [6.07, 6.45) is 8.15. The van der Waals surface area contributed by atoms with Crippen LogP contribution in [0.15, 0.2) is 0 Å². The Morgan fingerprint density at radius 2 is 1.58 bits per heavy atom. The zero-order chi connectivity index (χ0) is 19.6. The van der Waals surface area contributed by atoms with Crippen LogP contribution in [0.3, 0.4) is 0 Å². The molecule has 4 nitrogen and oxygen atoms in total. The van der Waals surface area contributed by atoms with E-state index in [-0.39, 0.29) is 12.1 Å². The molecule has 0 amide bonds. The molecule has 0 radical (unpaired) electrons. The normalized spacial score (nSPS) is 20.9. The Morgan fingerprint density at radius 1 is 1.08 bits per heavy atom. The number of esters is 1. The van der Waals surface area contributed by atoms with Crippen molar-refractivity contribution in [3.05, 3.63) is 0 Å². The third-order valence-electron chi connectivity index (χ3n) is 5.96. The van der Waals surface area contributed by atoms with Crippen molar-refractivity contribution in [1.29, 1.82) is 0 Å². The van der Waals surface area contributed by atoms with Crippen LogP contribution in [0.25, 0.3) is 0 Å². The zero-order valence-electron chi connectivity index (χ0n) is 18.1. The molecule has 0 aromatic rings. The van der Waals surface area contributed by atoms with E-state index in [2.05, 4.69) is 20.8 Å². The van der Waals surface area contributed by atoms with E-state index in [1.165, 1.54) is 58.9 Å². The third kappa shape index (κ3) is 7.31. The molecule has 1 heterocycles. The average Bonchev–Trinajstić information content (AvgIpc) is 2.99. The van der Waals surface area contributed by atoms with Crippen LogP contribution in [-0.4, -0.2) is 50.0 Å². The van der Waals surface area contributed by atoms with E-state index in [1.54, 1.807) is 0 Å². The van der Waals surface area contributed by atoms with Gasteiger partial charge in [-0.2, -0.15) is 0 Å². The number of carbonyl (C=O) groups excluding carboxylic acids is 1. The monoisotopic (exact) mass is 478 g/mol. The van der Waals surface area contributed by atoms with Gasteiger partial charge < -0.3 is 0 Å². The second-order valence-corrected chi connectivity index (χ2v) is 22.6. The van der Waals surface area contributed by atoms with Gasteiger partial charge >= 0.3 is 166 Å². The van der Waals surface area contributed by atoms with Crippen LogP contribution in [0.5, 0.6) is 0 Å². The molecule has 0 aromatic heterocycles. The first-order valence-corrected chi connectivity index (χ1v) is 18.4. The second-order valence-electron chi connectivity index (χ2n) is 8.43. The van der Waals surface area contributed by atoms with E-state index in [9.17, 15) is 4.79 Å². The van der Waals surface area contributed by atoms with Crippen molar-refractivity contribution in [2.45, 2.75) is 109 Å². The second kappa shape index (κ2) is 11.9. The molecule has 5 heteroatoms. The molecule has 0 N–H and O–H groups in total. The molecule has 1 aliphatic heterocycles. The Balaban J connectivity index is 3.18. The van der Waals surface area contributed by atoms with Crippen LogP contribution in [0.2, 0.25) is 17.2 Å². The summed E-state index contributed by atoms with van der Waals surface area (Å²) >= 11 is -2.64. The molecular formula is C21H42O4Sn. The first-order chi connectivity index (χ1) is 12.3. The van der Waals surface area contributed by atoms with Crippen LogP contribution < -0.4 is 0 Å². The molecule has 0 spiro atoms. The number of methoxy groups -OCH3 is 1. The molecule has 0 aromatic carbocycles. The van der Waals surface area contributed by atoms with Crippen LogP contribution in [0.1, 0.15) is 79.6 Å². The van der Waals surface area contributed by atoms with Gasteiger partial charge in [0.2, 0.25) is 0 Å². The summed E-state index contributed by atoms with van der Waals surface area (Å²) in [5.74, 6) is -0.606. The van der Waals surface area contributed by atoms with Crippen molar-refractivity contribution in [2.24, 2.45) is 0 Å². The van der Waals surface area contributed by atoms with Crippen LogP contribution in [0.4, 0.5) is 0 Å². The summed E-state index contributed by atoms with van der Waals surface area (Å²) in [6.45, 7) is 11.4. The van der Waals surface area contributed by atoms with Gasteiger partial charge in [0.1, 0.15) is 0 Å². The van der Waals surface area contributed by atoms with Crippen molar-refractivity contribution in [1.82, 2.24) is 0 Å². The number of hydrogen-bond donors (Lipinski definition) is 0.